The van der Waals surface area contributed by atoms with E-state index in [1.165, 1.54) is 7.11 Å². The first kappa shape index (κ1) is 15.8. The van der Waals surface area contributed by atoms with Crippen LogP contribution in [-0.4, -0.2) is 19.7 Å². The van der Waals surface area contributed by atoms with Gasteiger partial charge in [0.05, 0.1) is 18.1 Å². The van der Waals surface area contributed by atoms with Crippen molar-refractivity contribution in [2.75, 3.05) is 13.7 Å². The third-order valence-electron chi connectivity index (χ3n) is 3.69. The highest BCUT2D eigenvalue weighted by molar-refractivity contribution is 5.83. The molecule has 0 fully saturated rings. The van der Waals surface area contributed by atoms with Crippen LogP contribution in [-0.2, 0) is 9.53 Å². The van der Waals surface area contributed by atoms with Crippen molar-refractivity contribution in [1.82, 2.24) is 0 Å². The molecule has 5 nitrogen and oxygen atoms in total. The quantitative estimate of drug-likeness (QED) is 0.689. The second-order valence-electron chi connectivity index (χ2n) is 5.25. The maximum absolute atomic E-state index is 12.8. The van der Waals surface area contributed by atoms with Gasteiger partial charge in [0.25, 0.3) is 0 Å². The molecular formula is C19H16O5. The van der Waals surface area contributed by atoms with Crippen LogP contribution in [0.25, 0.3) is 22.1 Å². The lowest BCUT2D eigenvalue weighted by Gasteiger charge is -2.09. The fourth-order valence-electron chi connectivity index (χ4n) is 2.52. The van der Waals surface area contributed by atoms with Gasteiger partial charge in [-0.05, 0) is 24.6 Å². The number of methoxy groups -OCH3 is 1. The van der Waals surface area contributed by atoms with E-state index >= 15 is 0 Å². The van der Waals surface area contributed by atoms with Crippen molar-refractivity contribution in [2.24, 2.45) is 0 Å². The van der Waals surface area contributed by atoms with Gasteiger partial charge in [-0.1, -0.05) is 30.3 Å². The van der Waals surface area contributed by atoms with Gasteiger partial charge in [-0.25, -0.2) is 4.79 Å². The molecule has 1 aromatic heterocycles. The number of carbonyl (C=O) groups excluding carboxylic acids is 1. The second-order valence-corrected chi connectivity index (χ2v) is 5.25. The van der Waals surface area contributed by atoms with E-state index in [1.807, 2.05) is 30.3 Å². The van der Waals surface area contributed by atoms with Gasteiger partial charge in [0, 0.05) is 6.07 Å². The Morgan fingerprint density at radius 2 is 1.88 bits per heavy atom. The van der Waals surface area contributed by atoms with Crippen molar-refractivity contribution >= 4 is 16.9 Å². The average molecular weight is 324 g/mol. The molecule has 24 heavy (non-hydrogen) atoms. The molecule has 0 bridgehead atoms. The van der Waals surface area contributed by atoms with Crippen LogP contribution in [0.15, 0.2) is 57.7 Å². The highest BCUT2D eigenvalue weighted by atomic mass is 16.6. The minimum absolute atomic E-state index is 0.0977. The highest BCUT2D eigenvalue weighted by Gasteiger charge is 2.14. The Hall–Kier alpha value is -3.08. The van der Waals surface area contributed by atoms with Crippen LogP contribution in [0.5, 0.6) is 5.75 Å². The van der Waals surface area contributed by atoms with Gasteiger partial charge in [-0.15, -0.1) is 0 Å². The summed E-state index contributed by atoms with van der Waals surface area (Å²) in [5.41, 5.74) is 1.68. The van der Waals surface area contributed by atoms with Crippen molar-refractivity contribution < 1.29 is 18.7 Å². The lowest BCUT2D eigenvalue weighted by atomic mass is 10.0. The van der Waals surface area contributed by atoms with Crippen molar-refractivity contribution in [2.45, 2.75) is 6.92 Å². The van der Waals surface area contributed by atoms with E-state index in [4.69, 9.17) is 9.15 Å². The molecule has 0 N–H and O–H groups in total. The zero-order valence-electron chi connectivity index (χ0n) is 13.4. The Balaban J connectivity index is 2.05. The molecule has 3 rings (SSSR count). The topological polar surface area (TPSA) is 65.7 Å². The predicted octanol–water partition coefficient (Wildman–Crippen LogP) is 3.32. The van der Waals surface area contributed by atoms with Crippen LogP contribution < -0.4 is 10.2 Å². The van der Waals surface area contributed by atoms with Crippen LogP contribution in [0.2, 0.25) is 0 Å². The maximum Gasteiger partial charge on any atom is 0.343 e. The largest absolute Gasteiger partial charge is 0.482 e. The van der Waals surface area contributed by atoms with Gasteiger partial charge in [0.2, 0.25) is 5.43 Å². The molecule has 0 saturated carbocycles. The van der Waals surface area contributed by atoms with E-state index in [0.717, 1.165) is 5.56 Å². The Morgan fingerprint density at radius 1 is 1.12 bits per heavy atom. The molecule has 122 valence electrons. The van der Waals surface area contributed by atoms with Crippen molar-refractivity contribution in [3.05, 3.63) is 64.5 Å². The summed E-state index contributed by atoms with van der Waals surface area (Å²) in [4.78, 5) is 23.9. The summed E-state index contributed by atoms with van der Waals surface area (Å²) < 4.78 is 15.7. The Labute approximate surface area is 138 Å². The highest BCUT2D eigenvalue weighted by Crippen LogP contribution is 2.26. The average Bonchev–Trinajstić information content (AvgIpc) is 2.60. The molecule has 0 atom stereocenters. The number of esters is 1. The number of hydrogen-bond donors (Lipinski definition) is 0. The van der Waals surface area contributed by atoms with Crippen LogP contribution in [0.4, 0.5) is 0 Å². The maximum atomic E-state index is 12.8. The van der Waals surface area contributed by atoms with Gasteiger partial charge in [-0.3, -0.25) is 4.79 Å². The molecule has 0 aliphatic carbocycles. The van der Waals surface area contributed by atoms with Gasteiger partial charge in [0.15, 0.2) is 6.61 Å². The van der Waals surface area contributed by atoms with Crippen LogP contribution in [0.1, 0.15) is 5.76 Å². The lowest BCUT2D eigenvalue weighted by molar-refractivity contribution is -0.142. The summed E-state index contributed by atoms with van der Waals surface area (Å²) in [6.07, 6.45) is 0. The van der Waals surface area contributed by atoms with E-state index in [-0.39, 0.29) is 12.0 Å². The molecule has 0 unspecified atom stereocenters. The molecule has 0 spiro atoms. The monoisotopic (exact) mass is 324 g/mol. The minimum Gasteiger partial charge on any atom is -0.482 e. The lowest BCUT2D eigenvalue weighted by Crippen LogP contribution is -2.12. The minimum atomic E-state index is -0.479. The fourth-order valence-corrected chi connectivity index (χ4v) is 2.52. The van der Waals surface area contributed by atoms with Gasteiger partial charge >= 0.3 is 5.97 Å². The summed E-state index contributed by atoms with van der Waals surface area (Å²) in [6.45, 7) is 1.55. The van der Waals surface area contributed by atoms with E-state index in [9.17, 15) is 9.59 Å². The molecule has 0 saturated heterocycles. The van der Waals surface area contributed by atoms with Crippen LogP contribution >= 0.6 is 0 Å². The van der Waals surface area contributed by atoms with E-state index < -0.39 is 5.97 Å². The van der Waals surface area contributed by atoms with E-state index in [2.05, 4.69) is 4.74 Å². The SMILES string of the molecule is COC(=O)COc1ccc2c(=O)c(-c3ccccc3)c(C)oc2c1. The molecule has 3 aromatic rings. The van der Waals surface area contributed by atoms with Crippen molar-refractivity contribution in [1.29, 1.82) is 0 Å². The number of carbonyl (C=O) groups is 1. The molecule has 0 radical (unpaired) electrons. The first-order valence-corrected chi connectivity index (χ1v) is 7.42. The molecule has 2 aromatic carbocycles. The standard InChI is InChI=1S/C19H16O5/c1-12-18(13-6-4-3-5-7-13)19(21)15-9-8-14(10-16(15)24-12)23-11-17(20)22-2/h3-10H,11H2,1-2H3. The zero-order valence-corrected chi connectivity index (χ0v) is 13.4. The third kappa shape index (κ3) is 3.01. The molecule has 0 amide bonds. The smallest absolute Gasteiger partial charge is 0.343 e. The predicted molar refractivity (Wildman–Crippen MR) is 90.2 cm³/mol. The number of ether oxygens (including phenoxy) is 2. The van der Waals surface area contributed by atoms with E-state index in [1.54, 1.807) is 25.1 Å². The number of fused-ring (bicyclic) bond motifs is 1. The second kappa shape index (κ2) is 6.58. The summed E-state index contributed by atoms with van der Waals surface area (Å²) in [7, 11) is 1.29. The normalized spacial score (nSPS) is 10.6. The summed E-state index contributed by atoms with van der Waals surface area (Å²) in [6, 6.07) is 14.3. The first-order chi connectivity index (χ1) is 11.6. The van der Waals surface area contributed by atoms with Gasteiger partial charge < -0.3 is 13.9 Å². The van der Waals surface area contributed by atoms with Gasteiger partial charge in [0.1, 0.15) is 17.1 Å². The fraction of sp³-hybridized carbons (Fsp3) is 0.158. The molecule has 0 aliphatic rings. The molecular weight excluding hydrogens is 308 g/mol. The Kier molecular flexibility index (Phi) is 4.33. The zero-order chi connectivity index (χ0) is 17.1. The number of benzene rings is 2. The number of aryl methyl sites for hydroxylation is 1. The Morgan fingerprint density at radius 3 is 2.58 bits per heavy atom. The van der Waals surface area contributed by atoms with Crippen molar-refractivity contribution in [3.8, 4) is 16.9 Å². The number of rotatable bonds is 4. The first-order valence-electron chi connectivity index (χ1n) is 7.42. The summed E-state index contributed by atoms with van der Waals surface area (Å²) >= 11 is 0. The van der Waals surface area contributed by atoms with Gasteiger partial charge in [-0.2, -0.15) is 0 Å². The van der Waals surface area contributed by atoms with Crippen LogP contribution in [0, 0.1) is 6.92 Å². The third-order valence-corrected chi connectivity index (χ3v) is 3.69. The number of hydrogen-bond acceptors (Lipinski definition) is 5. The summed E-state index contributed by atoms with van der Waals surface area (Å²) in [5.74, 6) is 0.485. The molecule has 1 heterocycles. The van der Waals surface area contributed by atoms with Crippen molar-refractivity contribution in [3.63, 3.8) is 0 Å². The Bertz CT molecular complexity index is 941. The summed E-state index contributed by atoms with van der Waals surface area (Å²) in [5, 5.41) is 0.463. The van der Waals surface area contributed by atoms with E-state index in [0.29, 0.717) is 28.0 Å². The molecule has 5 heteroatoms. The molecule has 0 aliphatic heterocycles. The van der Waals surface area contributed by atoms with Crippen LogP contribution in [0.3, 0.4) is 0 Å².